The maximum atomic E-state index is 11.4. The molecule has 1 aromatic rings. The van der Waals surface area contributed by atoms with Crippen molar-refractivity contribution in [1.29, 1.82) is 0 Å². The van der Waals surface area contributed by atoms with Crippen LogP contribution in [0.25, 0.3) is 0 Å². The normalized spacial score (nSPS) is 9.84. The number of carbonyl (C=O) groups excluding carboxylic acids is 1. The van der Waals surface area contributed by atoms with Gasteiger partial charge < -0.3 is 14.4 Å². The maximum absolute atomic E-state index is 11.4. The van der Waals surface area contributed by atoms with Crippen molar-refractivity contribution in [2.75, 3.05) is 32.8 Å². The quantitative estimate of drug-likeness (QED) is 0.688. The Balaban J connectivity index is 0.00000324. The SMILES string of the molecule is CCN(CC)CCOC(=O)COc1ccccc1.Cl. The number of benzene rings is 1. The average molecular weight is 288 g/mol. The zero-order valence-corrected chi connectivity index (χ0v) is 12.3. The summed E-state index contributed by atoms with van der Waals surface area (Å²) < 4.78 is 10.4. The first-order valence-electron chi connectivity index (χ1n) is 6.32. The molecule has 19 heavy (non-hydrogen) atoms. The molecule has 1 rings (SSSR count). The summed E-state index contributed by atoms with van der Waals surface area (Å²) in [5.41, 5.74) is 0. The van der Waals surface area contributed by atoms with Gasteiger partial charge in [-0.1, -0.05) is 32.0 Å². The molecule has 0 bridgehead atoms. The van der Waals surface area contributed by atoms with Crippen LogP contribution in [0, 0.1) is 0 Å². The number of halogens is 1. The molecule has 0 unspecified atom stereocenters. The van der Waals surface area contributed by atoms with Crippen LogP contribution in [0.3, 0.4) is 0 Å². The van der Waals surface area contributed by atoms with Crippen LogP contribution in [-0.2, 0) is 9.53 Å². The largest absolute Gasteiger partial charge is 0.482 e. The van der Waals surface area contributed by atoms with E-state index < -0.39 is 0 Å². The Morgan fingerprint density at radius 2 is 1.79 bits per heavy atom. The van der Waals surface area contributed by atoms with E-state index in [0.717, 1.165) is 19.6 Å². The predicted molar refractivity (Wildman–Crippen MR) is 77.9 cm³/mol. The Kier molecular flexibility index (Phi) is 9.94. The Morgan fingerprint density at radius 1 is 1.16 bits per heavy atom. The molecule has 0 saturated heterocycles. The van der Waals surface area contributed by atoms with Crippen molar-refractivity contribution in [3.63, 3.8) is 0 Å². The lowest BCUT2D eigenvalue weighted by Gasteiger charge is -2.17. The smallest absolute Gasteiger partial charge is 0.344 e. The van der Waals surface area contributed by atoms with Crippen LogP contribution in [0.1, 0.15) is 13.8 Å². The molecule has 0 fully saturated rings. The Labute approximate surface area is 121 Å². The summed E-state index contributed by atoms with van der Waals surface area (Å²) >= 11 is 0. The first kappa shape index (κ1) is 17.7. The minimum atomic E-state index is -0.328. The first-order valence-corrected chi connectivity index (χ1v) is 6.32. The van der Waals surface area contributed by atoms with Gasteiger partial charge in [0.1, 0.15) is 12.4 Å². The summed E-state index contributed by atoms with van der Waals surface area (Å²) in [6.45, 7) is 7.25. The summed E-state index contributed by atoms with van der Waals surface area (Å²) in [6.07, 6.45) is 0. The zero-order chi connectivity index (χ0) is 13.2. The molecule has 108 valence electrons. The van der Waals surface area contributed by atoms with Crippen LogP contribution in [0.5, 0.6) is 5.75 Å². The second kappa shape index (κ2) is 10.6. The second-order valence-corrected chi connectivity index (χ2v) is 3.85. The Hall–Kier alpha value is -1.26. The molecule has 0 N–H and O–H groups in total. The van der Waals surface area contributed by atoms with Gasteiger partial charge in [-0.15, -0.1) is 12.4 Å². The fraction of sp³-hybridized carbons (Fsp3) is 0.500. The van der Waals surface area contributed by atoms with Gasteiger partial charge in [0, 0.05) is 6.54 Å². The number of ether oxygens (including phenoxy) is 2. The van der Waals surface area contributed by atoms with E-state index in [1.807, 2.05) is 30.3 Å². The number of carbonyl (C=O) groups is 1. The van der Waals surface area contributed by atoms with E-state index in [9.17, 15) is 4.79 Å². The highest BCUT2D eigenvalue weighted by molar-refractivity contribution is 5.85. The first-order chi connectivity index (χ1) is 8.76. The van der Waals surface area contributed by atoms with Crippen molar-refractivity contribution in [2.24, 2.45) is 0 Å². The predicted octanol–water partition coefficient (Wildman–Crippen LogP) is 2.37. The van der Waals surface area contributed by atoms with Gasteiger partial charge >= 0.3 is 5.97 Å². The van der Waals surface area contributed by atoms with Crippen LogP contribution in [0.4, 0.5) is 0 Å². The summed E-state index contributed by atoms with van der Waals surface area (Å²) in [6, 6.07) is 9.24. The van der Waals surface area contributed by atoms with Crippen LogP contribution in [-0.4, -0.2) is 43.7 Å². The van der Waals surface area contributed by atoms with E-state index in [1.165, 1.54) is 0 Å². The summed E-state index contributed by atoms with van der Waals surface area (Å²) in [4.78, 5) is 13.6. The van der Waals surface area contributed by atoms with E-state index in [4.69, 9.17) is 9.47 Å². The highest BCUT2D eigenvalue weighted by Gasteiger charge is 2.05. The van der Waals surface area contributed by atoms with E-state index in [-0.39, 0.29) is 25.0 Å². The number of hydrogen-bond acceptors (Lipinski definition) is 4. The summed E-state index contributed by atoms with van der Waals surface area (Å²) in [5.74, 6) is 0.351. The van der Waals surface area contributed by atoms with Gasteiger partial charge in [0.25, 0.3) is 0 Å². The third-order valence-corrected chi connectivity index (χ3v) is 2.66. The number of esters is 1. The fourth-order valence-electron chi connectivity index (χ4n) is 1.53. The van der Waals surface area contributed by atoms with Gasteiger partial charge in [-0.2, -0.15) is 0 Å². The molecule has 5 heteroatoms. The molecule has 1 aromatic carbocycles. The van der Waals surface area contributed by atoms with Gasteiger partial charge in [-0.25, -0.2) is 4.79 Å². The maximum Gasteiger partial charge on any atom is 0.344 e. The molecule has 0 aliphatic carbocycles. The number of nitrogens with zero attached hydrogens (tertiary/aromatic N) is 1. The van der Waals surface area contributed by atoms with Gasteiger partial charge in [-0.3, -0.25) is 0 Å². The van der Waals surface area contributed by atoms with Crippen LogP contribution < -0.4 is 4.74 Å². The van der Waals surface area contributed by atoms with Crippen molar-refractivity contribution < 1.29 is 14.3 Å². The molecule has 0 amide bonds. The van der Waals surface area contributed by atoms with Crippen molar-refractivity contribution in [3.8, 4) is 5.75 Å². The van der Waals surface area contributed by atoms with Crippen LogP contribution in [0.15, 0.2) is 30.3 Å². The van der Waals surface area contributed by atoms with Crippen molar-refractivity contribution in [3.05, 3.63) is 30.3 Å². The van der Waals surface area contributed by atoms with E-state index in [0.29, 0.717) is 12.4 Å². The third kappa shape index (κ3) is 7.70. The lowest BCUT2D eigenvalue weighted by Crippen LogP contribution is -2.28. The van der Waals surface area contributed by atoms with E-state index in [1.54, 1.807) is 0 Å². The molecular formula is C14H22ClNO3. The van der Waals surface area contributed by atoms with Crippen LogP contribution >= 0.6 is 12.4 Å². The minimum Gasteiger partial charge on any atom is -0.482 e. The van der Waals surface area contributed by atoms with Gasteiger partial charge in [0.2, 0.25) is 0 Å². The van der Waals surface area contributed by atoms with Crippen molar-refractivity contribution >= 4 is 18.4 Å². The molecule has 0 saturated carbocycles. The van der Waals surface area contributed by atoms with Crippen LogP contribution in [0.2, 0.25) is 0 Å². The minimum absolute atomic E-state index is 0. The highest BCUT2D eigenvalue weighted by Crippen LogP contribution is 2.07. The van der Waals surface area contributed by atoms with Gasteiger partial charge in [0.15, 0.2) is 6.61 Å². The second-order valence-electron chi connectivity index (χ2n) is 3.85. The van der Waals surface area contributed by atoms with E-state index in [2.05, 4.69) is 18.7 Å². The molecule has 0 aliphatic heterocycles. The molecule has 0 spiro atoms. The summed E-state index contributed by atoms with van der Waals surface area (Å²) in [7, 11) is 0. The van der Waals surface area contributed by atoms with Crippen molar-refractivity contribution in [2.45, 2.75) is 13.8 Å². The number of hydrogen-bond donors (Lipinski definition) is 0. The Morgan fingerprint density at radius 3 is 2.37 bits per heavy atom. The Bertz CT molecular complexity index is 342. The van der Waals surface area contributed by atoms with Gasteiger partial charge in [0.05, 0.1) is 0 Å². The summed E-state index contributed by atoms with van der Waals surface area (Å²) in [5, 5.41) is 0. The molecule has 0 aliphatic rings. The molecule has 0 radical (unpaired) electrons. The lowest BCUT2D eigenvalue weighted by molar-refractivity contribution is -0.146. The lowest BCUT2D eigenvalue weighted by atomic mass is 10.3. The molecular weight excluding hydrogens is 266 g/mol. The molecule has 0 atom stereocenters. The van der Waals surface area contributed by atoms with E-state index >= 15 is 0 Å². The standard InChI is InChI=1S/C14H21NO3.ClH/c1-3-15(4-2)10-11-17-14(16)12-18-13-8-6-5-7-9-13;/h5-9H,3-4,10-12H2,1-2H3;1H. The molecule has 0 heterocycles. The highest BCUT2D eigenvalue weighted by atomic mass is 35.5. The molecule has 4 nitrogen and oxygen atoms in total. The third-order valence-electron chi connectivity index (χ3n) is 2.66. The topological polar surface area (TPSA) is 38.8 Å². The molecule has 0 aromatic heterocycles. The fourth-order valence-corrected chi connectivity index (χ4v) is 1.53. The monoisotopic (exact) mass is 287 g/mol. The number of rotatable bonds is 8. The zero-order valence-electron chi connectivity index (χ0n) is 11.5. The number of likely N-dealkylation sites (N-methyl/N-ethyl adjacent to an activating group) is 1. The number of para-hydroxylation sites is 1. The van der Waals surface area contributed by atoms with Crippen molar-refractivity contribution in [1.82, 2.24) is 4.90 Å². The average Bonchev–Trinajstić information content (AvgIpc) is 2.42. The van der Waals surface area contributed by atoms with Gasteiger partial charge in [-0.05, 0) is 25.2 Å².